The smallest absolute Gasteiger partial charge is 0.312 e. The first-order valence-electron chi connectivity index (χ1n) is 26.8. The number of terminal acetylenes is 1. The average Bonchev–Trinajstić information content (AvgIpc) is 4.25. The molecule has 1 saturated heterocycles. The molecule has 11 rings (SSSR count). The number of hydrogen-bond donors (Lipinski definition) is 1. The fourth-order valence-electron chi connectivity index (χ4n) is 11.7. The van der Waals surface area contributed by atoms with Gasteiger partial charge in [-0.2, -0.15) is 14.4 Å². The predicted octanol–water partition coefficient (Wildman–Crippen LogP) is 14.1. The largest absolute Gasteiger partial charge is 0.497 e. The van der Waals surface area contributed by atoms with Crippen LogP contribution in [0.2, 0.25) is 0 Å². The van der Waals surface area contributed by atoms with Crippen molar-refractivity contribution in [3.63, 3.8) is 0 Å². The fourth-order valence-corrected chi connectivity index (χ4v) is 11.7. The van der Waals surface area contributed by atoms with Crippen molar-refractivity contribution in [2.45, 2.75) is 61.9 Å². The Morgan fingerprint density at radius 3 is 1.44 bits per heavy atom. The summed E-state index contributed by atoms with van der Waals surface area (Å²) in [6, 6.07) is 76.3. The van der Waals surface area contributed by atoms with E-state index in [0.29, 0.717) is 17.0 Å². The Bertz CT molecular complexity index is 3590. The van der Waals surface area contributed by atoms with E-state index in [9.17, 15) is 0 Å². The number of methoxy groups -OCH3 is 2. The summed E-state index contributed by atoms with van der Waals surface area (Å²) in [6.07, 6.45) is 5.92. The minimum absolute atomic E-state index is 0.144. The van der Waals surface area contributed by atoms with Gasteiger partial charge in [-0.25, -0.2) is 4.98 Å². The van der Waals surface area contributed by atoms with Crippen molar-refractivity contribution in [3.05, 3.63) is 287 Å². The van der Waals surface area contributed by atoms with Gasteiger partial charge in [0.2, 0.25) is 0 Å². The summed E-state index contributed by atoms with van der Waals surface area (Å²) in [6.45, 7) is 6.35. The highest BCUT2D eigenvalue weighted by Crippen LogP contribution is 2.53. The lowest BCUT2D eigenvalue weighted by Crippen LogP contribution is -2.52. The molecule has 0 amide bonds. The molecule has 0 spiro atoms. The molecule has 80 heavy (non-hydrogen) atoms. The van der Waals surface area contributed by atoms with Gasteiger partial charge in [0, 0.05) is 6.42 Å². The van der Waals surface area contributed by atoms with Crippen molar-refractivity contribution in [3.8, 4) is 23.8 Å². The van der Waals surface area contributed by atoms with E-state index in [1.807, 2.05) is 182 Å². The van der Waals surface area contributed by atoms with Gasteiger partial charge >= 0.3 is 6.08 Å². The summed E-state index contributed by atoms with van der Waals surface area (Å²) in [5.74, 6) is 4.67. The molecule has 0 saturated carbocycles. The van der Waals surface area contributed by atoms with E-state index in [4.69, 9.17) is 35.1 Å². The lowest BCUT2D eigenvalue weighted by Gasteiger charge is -2.47. The third-order valence-electron chi connectivity index (χ3n) is 15.6. The Morgan fingerprint density at radius 2 is 1.00 bits per heavy atom. The SMILES string of the molecule is C#C[C@]1(COC(c2ccccc2)(c2ccccc2)C(C)(C)C)O[C@@H](n2cnc3c(NC(c4ccccc4)(c4ccccc4)c4ccc(OC)cc4)nc(F)nc32)C[C@@H]1OC(c1ccccc1)(c1ccccc1)c1ccc(OC)cc1. The van der Waals surface area contributed by atoms with Gasteiger partial charge in [0.1, 0.15) is 40.6 Å². The molecular weight excluding hydrogens is 998 g/mol. The van der Waals surface area contributed by atoms with Gasteiger partial charge in [-0.3, -0.25) is 4.57 Å². The van der Waals surface area contributed by atoms with Crippen LogP contribution in [0.25, 0.3) is 11.2 Å². The van der Waals surface area contributed by atoms with Crippen LogP contribution >= 0.6 is 0 Å². The monoisotopic (exact) mass is 1060 g/mol. The lowest BCUT2D eigenvalue weighted by atomic mass is 9.68. The second-order valence-electron chi connectivity index (χ2n) is 21.0. The zero-order valence-corrected chi connectivity index (χ0v) is 45.4. The van der Waals surface area contributed by atoms with Crippen LogP contribution in [0.4, 0.5) is 10.2 Å². The molecule has 0 aliphatic carbocycles. The number of aromatic nitrogens is 4. The number of imidazole rings is 1. The third kappa shape index (κ3) is 9.45. The zero-order chi connectivity index (χ0) is 55.4. The Balaban J connectivity index is 1.09. The summed E-state index contributed by atoms with van der Waals surface area (Å²) in [5.41, 5.74) is 1.78. The standard InChI is InChI=1S/C69H62FN5O5/c1-7-66(47-78-69(65(2,3)4,55-34-22-12-23-35-55)56-36-24-13-25-37-56)59(79-68(52-30-18-10-19-31-52,53-32-20-11-21-33-53)54-40-44-58(77-6)45-41-54)46-60(80-66)75-48-71-61-62(72-64(70)73-63(61)75)74-67(49-26-14-8-15-27-49,50-28-16-9-17-29-50)51-38-42-57(76-5)43-39-51/h1,8-45,48,59-60H,46-47H2,2-6H3,(H,72,73,74)/t59-,60+,66+/m0/s1. The molecule has 10 aromatic rings. The van der Waals surface area contributed by atoms with Crippen LogP contribution in [-0.2, 0) is 31.0 Å². The summed E-state index contributed by atoms with van der Waals surface area (Å²) >= 11 is 0. The number of benzene rings is 8. The van der Waals surface area contributed by atoms with E-state index in [0.717, 1.165) is 44.5 Å². The van der Waals surface area contributed by atoms with E-state index >= 15 is 4.39 Å². The van der Waals surface area contributed by atoms with Gasteiger partial charge in [-0.15, -0.1) is 6.42 Å². The summed E-state index contributed by atoms with van der Waals surface area (Å²) in [5, 5.41) is 3.74. The number of fused-ring (bicyclic) bond motifs is 1. The highest BCUT2D eigenvalue weighted by molar-refractivity contribution is 5.84. The van der Waals surface area contributed by atoms with Crippen LogP contribution in [0.3, 0.4) is 0 Å². The molecule has 1 aliphatic heterocycles. The van der Waals surface area contributed by atoms with Gasteiger partial charge in [0.25, 0.3) is 0 Å². The van der Waals surface area contributed by atoms with Gasteiger partial charge in [-0.1, -0.05) is 233 Å². The maximum Gasteiger partial charge on any atom is 0.312 e. The number of rotatable bonds is 18. The van der Waals surface area contributed by atoms with E-state index in [-0.39, 0.29) is 24.5 Å². The molecule has 8 aromatic carbocycles. The Morgan fingerprint density at radius 1 is 0.588 bits per heavy atom. The van der Waals surface area contributed by atoms with Gasteiger partial charge in [0.05, 0.1) is 27.2 Å². The molecule has 0 radical (unpaired) electrons. The second-order valence-corrected chi connectivity index (χ2v) is 21.0. The maximum absolute atomic E-state index is 16.7. The Labute approximate surface area is 467 Å². The van der Waals surface area contributed by atoms with E-state index in [2.05, 4.69) is 90.5 Å². The van der Waals surface area contributed by atoms with Crippen LogP contribution in [-0.4, -0.2) is 52.1 Å². The number of anilines is 1. The van der Waals surface area contributed by atoms with Crippen LogP contribution in [0.15, 0.2) is 237 Å². The number of nitrogens with one attached hydrogen (secondary N) is 1. The van der Waals surface area contributed by atoms with Crippen LogP contribution in [0.1, 0.15) is 77.9 Å². The average molecular weight is 1060 g/mol. The first kappa shape index (κ1) is 53.1. The minimum Gasteiger partial charge on any atom is -0.497 e. The van der Waals surface area contributed by atoms with E-state index in [1.54, 1.807) is 25.1 Å². The molecule has 10 nitrogen and oxygen atoms in total. The molecule has 2 aromatic heterocycles. The topological polar surface area (TPSA) is 102 Å². The number of hydrogen-bond acceptors (Lipinski definition) is 9. The van der Waals surface area contributed by atoms with Crippen LogP contribution in [0.5, 0.6) is 11.5 Å². The lowest BCUT2D eigenvalue weighted by molar-refractivity contribution is -0.182. The number of ether oxygens (including phenoxy) is 5. The molecule has 3 atom stereocenters. The molecule has 1 N–H and O–H groups in total. The van der Waals surface area contributed by atoms with E-state index < -0.39 is 46.2 Å². The highest BCUT2D eigenvalue weighted by atomic mass is 19.1. The number of halogens is 1. The van der Waals surface area contributed by atoms with Crippen molar-refractivity contribution in [1.29, 1.82) is 0 Å². The highest BCUT2D eigenvalue weighted by Gasteiger charge is 2.57. The maximum atomic E-state index is 16.7. The number of nitrogens with zero attached hydrogens (tertiary/aromatic N) is 4. The molecule has 11 heteroatoms. The predicted molar refractivity (Wildman–Crippen MR) is 311 cm³/mol. The molecule has 1 aliphatic rings. The summed E-state index contributed by atoms with van der Waals surface area (Å²) in [7, 11) is 3.28. The van der Waals surface area contributed by atoms with Crippen molar-refractivity contribution < 1.29 is 28.1 Å². The summed E-state index contributed by atoms with van der Waals surface area (Å²) in [4.78, 5) is 14.0. The van der Waals surface area contributed by atoms with Crippen molar-refractivity contribution in [1.82, 2.24) is 19.5 Å². The molecule has 0 unspecified atom stereocenters. The molecule has 400 valence electrons. The minimum atomic E-state index is -1.63. The third-order valence-corrected chi connectivity index (χ3v) is 15.6. The first-order valence-corrected chi connectivity index (χ1v) is 26.8. The van der Waals surface area contributed by atoms with Gasteiger partial charge < -0.3 is 29.0 Å². The normalized spacial score (nSPS) is 16.7. The molecular formula is C69H62FN5O5. The zero-order valence-electron chi connectivity index (χ0n) is 45.4. The fraction of sp³-hybridized carbons (Fsp3) is 0.203. The van der Waals surface area contributed by atoms with Gasteiger partial charge in [0.15, 0.2) is 22.6 Å². The van der Waals surface area contributed by atoms with Crippen LogP contribution in [0, 0.1) is 23.8 Å². The summed E-state index contributed by atoms with van der Waals surface area (Å²) < 4.78 is 52.8. The van der Waals surface area contributed by atoms with Crippen molar-refractivity contribution in [2.24, 2.45) is 5.41 Å². The Kier molecular flexibility index (Phi) is 14.7. The second kappa shape index (κ2) is 22.1. The molecule has 0 bridgehead atoms. The Hall–Kier alpha value is -8.92. The van der Waals surface area contributed by atoms with E-state index in [1.165, 1.54) is 0 Å². The molecule has 3 heterocycles. The van der Waals surface area contributed by atoms with Gasteiger partial charge in [-0.05, 0) is 74.2 Å². The van der Waals surface area contributed by atoms with Crippen LogP contribution < -0.4 is 14.8 Å². The van der Waals surface area contributed by atoms with Crippen molar-refractivity contribution in [2.75, 3.05) is 26.1 Å². The van der Waals surface area contributed by atoms with Crippen molar-refractivity contribution >= 4 is 17.0 Å². The first-order chi connectivity index (χ1) is 39.0. The molecule has 1 fully saturated rings. The quantitative estimate of drug-likeness (QED) is 0.0511.